The summed E-state index contributed by atoms with van der Waals surface area (Å²) in [6.07, 6.45) is 4.14. The Kier molecular flexibility index (Phi) is 7.29. The van der Waals surface area contributed by atoms with E-state index in [9.17, 15) is 15.0 Å². The molecule has 2 rings (SSSR count). The monoisotopic (exact) mass is 382 g/mol. The largest absolute Gasteiger partial charge is 0.507 e. The van der Waals surface area contributed by atoms with Gasteiger partial charge in [0.1, 0.15) is 11.5 Å². The van der Waals surface area contributed by atoms with Gasteiger partial charge in [0, 0.05) is 11.1 Å². The molecule has 0 amide bonds. The van der Waals surface area contributed by atoms with Crippen LogP contribution in [0.5, 0.6) is 11.5 Å². The van der Waals surface area contributed by atoms with Crippen molar-refractivity contribution in [2.45, 2.75) is 80.1 Å². The molecule has 3 nitrogen and oxygen atoms in total. The summed E-state index contributed by atoms with van der Waals surface area (Å²) in [6.45, 7) is 12.1. The van der Waals surface area contributed by atoms with Crippen LogP contribution in [0.25, 0.3) is 0 Å². The molecule has 28 heavy (non-hydrogen) atoms. The Morgan fingerprint density at radius 1 is 0.607 bits per heavy atom. The van der Waals surface area contributed by atoms with E-state index in [1.165, 1.54) is 0 Å². The predicted molar refractivity (Wildman–Crippen MR) is 116 cm³/mol. The van der Waals surface area contributed by atoms with E-state index in [0.717, 1.165) is 33.4 Å². The van der Waals surface area contributed by atoms with Gasteiger partial charge in [0.2, 0.25) is 0 Å². The quantitative estimate of drug-likeness (QED) is 0.576. The molecule has 0 aliphatic heterocycles. The highest BCUT2D eigenvalue weighted by Gasteiger charge is 2.24. The second-order valence-corrected chi connectivity index (χ2v) is 7.23. The minimum absolute atomic E-state index is 0.00231. The number of aromatic hydroxyl groups is 2. The lowest BCUT2D eigenvalue weighted by Gasteiger charge is -2.20. The molecular weight excluding hydrogens is 348 g/mol. The van der Waals surface area contributed by atoms with Gasteiger partial charge in [-0.3, -0.25) is 4.79 Å². The van der Waals surface area contributed by atoms with Crippen LogP contribution in [-0.2, 0) is 38.5 Å². The Hall–Kier alpha value is -2.29. The molecule has 0 saturated carbocycles. The average molecular weight is 383 g/mol. The molecule has 0 spiro atoms. The van der Waals surface area contributed by atoms with Gasteiger partial charge in [0.25, 0.3) is 0 Å². The van der Waals surface area contributed by atoms with Gasteiger partial charge >= 0.3 is 0 Å². The van der Waals surface area contributed by atoms with Crippen molar-refractivity contribution in [2.24, 2.45) is 0 Å². The number of ketones is 1. The molecule has 0 heterocycles. The van der Waals surface area contributed by atoms with E-state index in [1.807, 2.05) is 53.7 Å². The van der Waals surface area contributed by atoms with Crippen molar-refractivity contribution in [1.29, 1.82) is 0 Å². The topological polar surface area (TPSA) is 57.5 Å². The van der Waals surface area contributed by atoms with Crippen molar-refractivity contribution in [3.8, 4) is 11.5 Å². The zero-order chi connectivity index (χ0) is 21.0. The maximum Gasteiger partial charge on any atom is 0.193 e. The Bertz CT molecular complexity index is 807. The van der Waals surface area contributed by atoms with Gasteiger partial charge in [-0.25, -0.2) is 0 Å². The maximum atomic E-state index is 13.7. The molecular formula is C25H34O3. The molecule has 0 saturated heterocycles. The van der Waals surface area contributed by atoms with Crippen LogP contribution in [0, 0.1) is 0 Å². The number of carbonyl (C=O) groups is 1. The number of phenols is 2. The van der Waals surface area contributed by atoms with Crippen molar-refractivity contribution in [1.82, 2.24) is 0 Å². The molecule has 0 atom stereocenters. The summed E-state index contributed by atoms with van der Waals surface area (Å²) in [6, 6.07) is 3.75. The second-order valence-electron chi connectivity index (χ2n) is 7.23. The van der Waals surface area contributed by atoms with Gasteiger partial charge in [-0.05, 0) is 84.0 Å². The molecule has 0 unspecified atom stereocenters. The molecule has 0 aliphatic rings. The Morgan fingerprint density at radius 3 is 1.18 bits per heavy atom. The lowest BCUT2D eigenvalue weighted by atomic mass is 9.84. The number of hydrogen-bond donors (Lipinski definition) is 2. The molecule has 2 N–H and O–H groups in total. The number of phenolic OH excluding ortho intramolecular Hbond substituents is 2. The summed E-state index contributed by atoms with van der Waals surface area (Å²) in [5.41, 5.74) is 6.67. The first-order valence-electron chi connectivity index (χ1n) is 10.7. The van der Waals surface area contributed by atoms with Gasteiger partial charge in [-0.1, -0.05) is 41.5 Å². The Balaban J connectivity index is 2.83. The van der Waals surface area contributed by atoms with Gasteiger partial charge < -0.3 is 10.2 Å². The standard InChI is InChI=1S/C25H34O3/c1-7-15-13-21(17(9-3)19(11-5)23(15)26)25(28)22-14-16(8-2)24(27)20(12-6)18(22)10-4/h13-14,26-27H,7-12H2,1-6H3. The second kappa shape index (κ2) is 9.27. The first-order chi connectivity index (χ1) is 13.4. The number of hydrogen-bond acceptors (Lipinski definition) is 3. The third kappa shape index (κ3) is 3.67. The summed E-state index contributed by atoms with van der Waals surface area (Å²) >= 11 is 0. The Labute approximate surface area is 169 Å². The molecule has 2 aromatic rings. The maximum absolute atomic E-state index is 13.7. The molecule has 3 heteroatoms. The van der Waals surface area contributed by atoms with Crippen LogP contribution >= 0.6 is 0 Å². The van der Waals surface area contributed by atoms with Gasteiger partial charge in [-0.15, -0.1) is 0 Å². The van der Waals surface area contributed by atoms with Crippen molar-refractivity contribution in [3.05, 3.63) is 56.6 Å². The normalized spacial score (nSPS) is 11.1. The summed E-state index contributed by atoms with van der Waals surface area (Å²) in [5, 5.41) is 21.3. The fraction of sp³-hybridized carbons (Fsp3) is 0.480. The fourth-order valence-corrected chi connectivity index (χ4v) is 4.32. The average Bonchev–Trinajstić information content (AvgIpc) is 2.72. The number of rotatable bonds is 8. The van der Waals surface area contributed by atoms with Crippen LogP contribution in [0.3, 0.4) is 0 Å². The smallest absolute Gasteiger partial charge is 0.193 e. The SMILES string of the molecule is CCc1cc(C(=O)c2cc(CC)c(O)c(CC)c2CC)c(CC)c(CC)c1O. The highest BCUT2D eigenvalue weighted by Crippen LogP contribution is 2.35. The van der Waals surface area contributed by atoms with E-state index in [-0.39, 0.29) is 5.78 Å². The van der Waals surface area contributed by atoms with E-state index in [0.29, 0.717) is 61.2 Å². The highest BCUT2D eigenvalue weighted by atomic mass is 16.3. The molecule has 0 aliphatic carbocycles. The van der Waals surface area contributed by atoms with Crippen molar-refractivity contribution in [3.63, 3.8) is 0 Å². The van der Waals surface area contributed by atoms with Crippen LogP contribution in [0.4, 0.5) is 0 Å². The van der Waals surface area contributed by atoms with Crippen molar-refractivity contribution < 1.29 is 15.0 Å². The van der Waals surface area contributed by atoms with Crippen LogP contribution in [-0.4, -0.2) is 16.0 Å². The van der Waals surface area contributed by atoms with Gasteiger partial charge in [0.15, 0.2) is 5.78 Å². The number of benzene rings is 2. The van der Waals surface area contributed by atoms with Crippen LogP contribution < -0.4 is 0 Å². The minimum Gasteiger partial charge on any atom is -0.507 e. The van der Waals surface area contributed by atoms with E-state index >= 15 is 0 Å². The highest BCUT2D eigenvalue weighted by molar-refractivity contribution is 6.11. The summed E-state index contributed by atoms with van der Waals surface area (Å²) in [5.74, 6) is 0.675. The molecule has 0 aromatic heterocycles. The molecule has 0 radical (unpaired) electrons. The summed E-state index contributed by atoms with van der Waals surface area (Å²) in [7, 11) is 0. The van der Waals surface area contributed by atoms with E-state index < -0.39 is 0 Å². The Morgan fingerprint density at radius 2 is 0.929 bits per heavy atom. The number of aryl methyl sites for hydroxylation is 2. The van der Waals surface area contributed by atoms with Crippen LogP contribution in [0.15, 0.2) is 12.1 Å². The van der Waals surface area contributed by atoms with E-state index in [4.69, 9.17) is 0 Å². The van der Waals surface area contributed by atoms with Crippen molar-refractivity contribution >= 4 is 5.78 Å². The van der Waals surface area contributed by atoms with Gasteiger partial charge in [-0.2, -0.15) is 0 Å². The molecule has 152 valence electrons. The molecule has 0 bridgehead atoms. The molecule has 0 fully saturated rings. The van der Waals surface area contributed by atoms with Crippen molar-refractivity contribution in [2.75, 3.05) is 0 Å². The fourth-order valence-electron chi connectivity index (χ4n) is 4.32. The minimum atomic E-state index is 0.00231. The summed E-state index contributed by atoms with van der Waals surface area (Å²) in [4.78, 5) is 13.7. The van der Waals surface area contributed by atoms with Crippen LogP contribution in [0.1, 0.15) is 90.8 Å². The van der Waals surface area contributed by atoms with Gasteiger partial charge in [0.05, 0.1) is 0 Å². The zero-order valence-corrected chi connectivity index (χ0v) is 18.2. The van der Waals surface area contributed by atoms with Crippen LogP contribution in [0.2, 0.25) is 0 Å². The molecule has 2 aromatic carbocycles. The third-order valence-electron chi connectivity index (χ3n) is 5.86. The number of carbonyl (C=O) groups excluding carboxylic acids is 1. The lowest BCUT2D eigenvalue weighted by molar-refractivity contribution is 0.103. The zero-order valence-electron chi connectivity index (χ0n) is 18.2. The third-order valence-corrected chi connectivity index (χ3v) is 5.86. The predicted octanol–water partition coefficient (Wildman–Crippen LogP) is 5.70. The lowest BCUT2D eigenvalue weighted by Crippen LogP contribution is -2.13. The summed E-state index contributed by atoms with van der Waals surface area (Å²) < 4.78 is 0. The first-order valence-corrected chi connectivity index (χ1v) is 10.7. The van der Waals surface area contributed by atoms with E-state index in [2.05, 4.69) is 0 Å². The van der Waals surface area contributed by atoms with E-state index in [1.54, 1.807) is 0 Å². The first kappa shape index (κ1) is 22.0.